The van der Waals surface area contributed by atoms with E-state index in [4.69, 9.17) is 9.47 Å². The minimum absolute atomic E-state index is 0.136. The summed E-state index contributed by atoms with van der Waals surface area (Å²) in [7, 11) is 2.99. The molecule has 1 aliphatic rings. The van der Waals surface area contributed by atoms with E-state index in [9.17, 15) is 9.50 Å². The summed E-state index contributed by atoms with van der Waals surface area (Å²) in [5.41, 5.74) is 0.617. The summed E-state index contributed by atoms with van der Waals surface area (Å²) >= 11 is 0. The average molecular weight is 288 g/mol. The molecule has 1 aliphatic carbocycles. The van der Waals surface area contributed by atoms with Gasteiger partial charge in [0.1, 0.15) is 11.4 Å². The molecule has 4 heteroatoms. The van der Waals surface area contributed by atoms with E-state index in [1.54, 1.807) is 31.4 Å². The molecule has 21 heavy (non-hydrogen) atoms. The molecule has 2 aromatic rings. The number of methoxy groups -OCH3 is 2. The normalized spacial score (nSPS) is 20.2. The molecule has 0 aromatic heterocycles. The number of aryl methyl sites for hydroxylation is 1. The topological polar surface area (TPSA) is 38.7 Å². The summed E-state index contributed by atoms with van der Waals surface area (Å²) in [4.78, 5) is 0. The van der Waals surface area contributed by atoms with Crippen LogP contribution >= 0.6 is 0 Å². The molecule has 0 radical (unpaired) electrons. The molecule has 0 spiro atoms. The lowest BCUT2D eigenvalue weighted by Gasteiger charge is -2.26. The summed E-state index contributed by atoms with van der Waals surface area (Å²) in [6.07, 6.45) is 1.14. The smallest absolute Gasteiger partial charge is 0.171 e. The van der Waals surface area contributed by atoms with E-state index in [1.165, 1.54) is 7.11 Å². The molecule has 0 amide bonds. The molecule has 0 heterocycles. The van der Waals surface area contributed by atoms with Gasteiger partial charge in [-0.25, -0.2) is 4.39 Å². The fourth-order valence-corrected chi connectivity index (χ4v) is 3.00. The highest BCUT2D eigenvalue weighted by Crippen LogP contribution is 2.45. The summed E-state index contributed by atoms with van der Waals surface area (Å²) in [5.74, 6) is 0.271. The molecule has 1 N–H and O–H groups in total. The first-order valence-corrected chi connectivity index (χ1v) is 6.83. The Morgan fingerprint density at radius 3 is 2.62 bits per heavy atom. The van der Waals surface area contributed by atoms with Crippen molar-refractivity contribution in [2.24, 2.45) is 0 Å². The van der Waals surface area contributed by atoms with Crippen molar-refractivity contribution < 1.29 is 19.0 Å². The van der Waals surface area contributed by atoms with Crippen molar-refractivity contribution in [2.45, 2.75) is 18.4 Å². The van der Waals surface area contributed by atoms with E-state index in [-0.39, 0.29) is 11.3 Å². The molecular weight excluding hydrogens is 271 g/mol. The van der Waals surface area contributed by atoms with E-state index in [1.807, 2.05) is 12.1 Å². The van der Waals surface area contributed by atoms with Crippen LogP contribution in [0.2, 0.25) is 0 Å². The van der Waals surface area contributed by atoms with Gasteiger partial charge in [-0.15, -0.1) is 0 Å². The van der Waals surface area contributed by atoms with Crippen LogP contribution in [0.4, 0.5) is 4.39 Å². The zero-order chi connectivity index (χ0) is 15.0. The SMILES string of the molecule is COc1ccc2c(c1)C(O)(c1cccc(OC)c1F)CC2. The summed E-state index contributed by atoms with van der Waals surface area (Å²) in [6.45, 7) is 0. The molecule has 110 valence electrons. The van der Waals surface area contributed by atoms with Gasteiger partial charge in [0.25, 0.3) is 0 Å². The van der Waals surface area contributed by atoms with Crippen molar-refractivity contribution in [3.05, 3.63) is 58.9 Å². The van der Waals surface area contributed by atoms with Crippen LogP contribution in [0.15, 0.2) is 36.4 Å². The first kappa shape index (κ1) is 13.9. The van der Waals surface area contributed by atoms with E-state index < -0.39 is 11.4 Å². The largest absolute Gasteiger partial charge is 0.497 e. The molecule has 2 aromatic carbocycles. The van der Waals surface area contributed by atoms with Crippen molar-refractivity contribution in [3.8, 4) is 11.5 Å². The fraction of sp³-hybridized carbons (Fsp3) is 0.294. The monoisotopic (exact) mass is 288 g/mol. The number of hydrogen-bond acceptors (Lipinski definition) is 3. The van der Waals surface area contributed by atoms with Gasteiger partial charge in [-0.3, -0.25) is 0 Å². The Bertz CT molecular complexity index is 684. The number of rotatable bonds is 3. The molecule has 1 unspecified atom stereocenters. The van der Waals surface area contributed by atoms with Crippen molar-refractivity contribution in [1.82, 2.24) is 0 Å². The molecule has 0 saturated heterocycles. The first-order chi connectivity index (χ1) is 10.1. The van der Waals surface area contributed by atoms with Crippen molar-refractivity contribution in [1.29, 1.82) is 0 Å². The van der Waals surface area contributed by atoms with E-state index in [2.05, 4.69) is 0 Å². The maximum atomic E-state index is 14.5. The third-order valence-corrected chi connectivity index (χ3v) is 4.15. The molecule has 0 bridgehead atoms. The molecule has 0 fully saturated rings. The van der Waals surface area contributed by atoms with Gasteiger partial charge in [-0.1, -0.05) is 18.2 Å². The van der Waals surface area contributed by atoms with Crippen LogP contribution in [-0.4, -0.2) is 19.3 Å². The maximum absolute atomic E-state index is 14.5. The maximum Gasteiger partial charge on any atom is 0.171 e. The van der Waals surface area contributed by atoms with Gasteiger partial charge in [-0.2, -0.15) is 0 Å². The van der Waals surface area contributed by atoms with Crippen molar-refractivity contribution in [2.75, 3.05) is 14.2 Å². The van der Waals surface area contributed by atoms with Crippen molar-refractivity contribution >= 4 is 0 Å². The number of ether oxygens (including phenoxy) is 2. The molecule has 0 aliphatic heterocycles. The average Bonchev–Trinajstić information content (AvgIpc) is 2.85. The summed E-state index contributed by atoms with van der Waals surface area (Å²) in [6, 6.07) is 10.4. The highest BCUT2D eigenvalue weighted by molar-refractivity contribution is 5.50. The summed E-state index contributed by atoms with van der Waals surface area (Å²) in [5, 5.41) is 11.1. The van der Waals surface area contributed by atoms with Crippen LogP contribution in [0.25, 0.3) is 0 Å². The molecule has 3 rings (SSSR count). The predicted molar refractivity (Wildman–Crippen MR) is 77.3 cm³/mol. The zero-order valence-electron chi connectivity index (χ0n) is 12.0. The molecule has 3 nitrogen and oxygen atoms in total. The second-order valence-electron chi connectivity index (χ2n) is 5.21. The third-order valence-electron chi connectivity index (χ3n) is 4.15. The quantitative estimate of drug-likeness (QED) is 0.943. The molecule has 1 atom stereocenters. The third kappa shape index (κ3) is 2.07. The van der Waals surface area contributed by atoms with Crippen molar-refractivity contribution in [3.63, 3.8) is 0 Å². The molecular formula is C17H17FO3. The van der Waals surface area contributed by atoms with E-state index in [0.717, 1.165) is 5.56 Å². The van der Waals surface area contributed by atoms with Gasteiger partial charge in [0.15, 0.2) is 11.6 Å². The van der Waals surface area contributed by atoms with Crippen LogP contribution in [0.5, 0.6) is 11.5 Å². The van der Waals surface area contributed by atoms with Crippen LogP contribution in [0, 0.1) is 5.82 Å². The minimum atomic E-state index is -1.34. The van der Waals surface area contributed by atoms with Gasteiger partial charge in [0.05, 0.1) is 14.2 Å². The standard InChI is InChI=1S/C17H17FO3/c1-20-12-7-6-11-8-9-17(19,14(11)10-12)13-4-3-5-15(21-2)16(13)18/h3-7,10,19H,8-9H2,1-2H3. The predicted octanol–water partition coefficient (Wildman–Crippen LogP) is 3.03. The lowest BCUT2D eigenvalue weighted by molar-refractivity contribution is 0.0781. The van der Waals surface area contributed by atoms with E-state index in [0.29, 0.717) is 24.2 Å². The number of aliphatic hydroxyl groups is 1. The second-order valence-corrected chi connectivity index (χ2v) is 5.21. The Morgan fingerprint density at radius 1 is 1.10 bits per heavy atom. The van der Waals surface area contributed by atoms with Crippen LogP contribution in [0.3, 0.4) is 0 Å². The highest BCUT2D eigenvalue weighted by Gasteiger charge is 2.41. The minimum Gasteiger partial charge on any atom is -0.497 e. The Kier molecular flexibility index (Phi) is 3.33. The van der Waals surface area contributed by atoms with Crippen LogP contribution in [0.1, 0.15) is 23.1 Å². The van der Waals surface area contributed by atoms with Gasteiger partial charge < -0.3 is 14.6 Å². The number of fused-ring (bicyclic) bond motifs is 1. The molecule has 0 saturated carbocycles. The number of benzene rings is 2. The van der Waals surface area contributed by atoms with Gasteiger partial charge in [0.2, 0.25) is 0 Å². The fourth-order valence-electron chi connectivity index (χ4n) is 3.00. The lowest BCUT2D eigenvalue weighted by Crippen LogP contribution is -2.25. The summed E-state index contributed by atoms with van der Waals surface area (Å²) < 4.78 is 24.8. The zero-order valence-corrected chi connectivity index (χ0v) is 12.0. The Balaban J connectivity index is 2.17. The lowest BCUT2D eigenvalue weighted by atomic mass is 9.87. The van der Waals surface area contributed by atoms with E-state index >= 15 is 0 Å². The van der Waals surface area contributed by atoms with Crippen LogP contribution in [-0.2, 0) is 12.0 Å². The second kappa shape index (κ2) is 5.04. The Hall–Kier alpha value is -2.07. The first-order valence-electron chi connectivity index (χ1n) is 6.83. The highest BCUT2D eigenvalue weighted by atomic mass is 19.1. The number of halogens is 1. The van der Waals surface area contributed by atoms with Crippen LogP contribution < -0.4 is 9.47 Å². The van der Waals surface area contributed by atoms with Gasteiger partial charge >= 0.3 is 0 Å². The van der Waals surface area contributed by atoms with Gasteiger partial charge in [-0.05, 0) is 42.2 Å². The number of hydrogen-bond donors (Lipinski definition) is 1. The Labute approximate surface area is 122 Å². The Morgan fingerprint density at radius 2 is 1.90 bits per heavy atom. The van der Waals surface area contributed by atoms with Gasteiger partial charge in [0, 0.05) is 5.56 Å².